The predicted molar refractivity (Wildman–Crippen MR) is 73.5 cm³/mol. The van der Waals surface area contributed by atoms with E-state index in [1.165, 1.54) is 18.5 Å². The van der Waals surface area contributed by atoms with Gasteiger partial charge in [-0.25, -0.2) is 4.39 Å². The molecule has 0 spiro atoms. The van der Waals surface area contributed by atoms with Gasteiger partial charge in [-0.15, -0.1) is 0 Å². The maximum absolute atomic E-state index is 13.1. The van der Waals surface area contributed by atoms with Crippen molar-refractivity contribution >= 4 is 0 Å². The van der Waals surface area contributed by atoms with Crippen LogP contribution in [0.5, 0.6) is 0 Å². The predicted octanol–water partition coefficient (Wildman–Crippen LogP) is 2.98. The van der Waals surface area contributed by atoms with Gasteiger partial charge in [-0.3, -0.25) is 4.98 Å². The molecule has 2 aromatic rings. The van der Waals surface area contributed by atoms with Crippen LogP contribution in [0.4, 0.5) is 4.39 Å². The summed E-state index contributed by atoms with van der Waals surface area (Å²) in [7, 11) is 0. The topological polar surface area (TPSA) is 58.3 Å². The highest BCUT2D eigenvalue weighted by Gasteiger charge is 2.17. The summed E-state index contributed by atoms with van der Waals surface area (Å²) < 4.78 is 18.3. The lowest BCUT2D eigenvalue weighted by Gasteiger charge is -2.21. The Bertz CT molecular complexity index is 530. The number of aliphatic hydroxyl groups excluding tert-OH is 1. The Labute approximate surface area is 117 Å². The minimum Gasteiger partial charge on any atom is -0.467 e. The van der Waals surface area contributed by atoms with Crippen LogP contribution < -0.4 is 5.32 Å². The molecule has 0 aliphatic heterocycles. The molecule has 0 fully saturated rings. The lowest BCUT2D eigenvalue weighted by Crippen LogP contribution is -2.30. The monoisotopic (exact) mass is 278 g/mol. The van der Waals surface area contributed by atoms with Gasteiger partial charge in [-0.2, -0.15) is 0 Å². The third kappa shape index (κ3) is 3.88. The van der Waals surface area contributed by atoms with E-state index in [1.807, 2.05) is 13.8 Å². The third-order valence-electron chi connectivity index (χ3n) is 3.21. The lowest BCUT2D eigenvalue weighted by atomic mass is 10.1. The molecule has 0 saturated heterocycles. The normalized spacial score (nSPS) is 15.8. The van der Waals surface area contributed by atoms with Crippen LogP contribution >= 0.6 is 0 Å². The smallest absolute Gasteiger partial charge is 0.141 e. The zero-order chi connectivity index (χ0) is 14.5. The average Bonchev–Trinajstić information content (AvgIpc) is 2.92. The number of aromatic nitrogens is 1. The Morgan fingerprint density at radius 2 is 2.20 bits per heavy atom. The van der Waals surface area contributed by atoms with Gasteiger partial charge in [0.1, 0.15) is 17.7 Å². The van der Waals surface area contributed by atoms with Gasteiger partial charge in [0.2, 0.25) is 0 Å². The molecule has 5 heteroatoms. The second-order valence-corrected chi connectivity index (χ2v) is 4.99. The molecule has 3 atom stereocenters. The Kier molecular flexibility index (Phi) is 4.87. The zero-order valence-electron chi connectivity index (χ0n) is 11.6. The largest absolute Gasteiger partial charge is 0.467 e. The van der Waals surface area contributed by atoms with E-state index in [9.17, 15) is 9.50 Å². The number of hydrogen-bond donors (Lipinski definition) is 2. The molecule has 0 amide bonds. The first-order valence-corrected chi connectivity index (χ1v) is 6.64. The van der Waals surface area contributed by atoms with Crippen molar-refractivity contribution in [3.63, 3.8) is 0 Å². The highest BCUT2D eigenvalue weighted by Crippen LogP contribution is 2.20. The summed E-state index contributed by atoms with van der Waals surface area (Å²) in [5, 5.41) is 13.3. The van der Waals surface area contributed by atoms with Crippen LogP contribution in [0.25, 0.3) is 0 Å². The van der Waals surface area contributed by atoms with E-state index in [0.29, 0.717) is 12.2 Å². The fourth-order valence-electron chi connectivity index (χ4n) is 2.19. The fraction of sp³-hybridized carbons (Fsp3) is 0.400. The number of furan rings is 1. The zero-order valence-corrected chi connectivity index (χ0v) is 11.6. The van der Waals surface area contributed by atoms with E-state index in [0.717, 1.165) is 5.56 Å². The van der Waals surface area contributed by atoms with E-state index in [2.05, 4.69) is 10.3 Å². The highest BCUT2D eigenvalue weighted by molar-refractivity contribution is 5.14. The number of rotatable bonds is 6. The summed E-state index contributed by atoms with van der Waals surface area (Å²) in [6, 6.07) is 4.96. The minimum atomic E-state index is -0.648. The number of aliphatic hydroxyl groups is 1. The van der Waals surface area contributed by atoms with Crippen LogP contribution in [0.15, 0.2) is 41.3 Å². The Hall–Kier alpha value is -1.72. The van der Waals surface area contributed by atoms with Gasteiger partial charge < -0.3 is 14.8 Å². The third-order valence-corrected chi connectivity index (χ3v) is 3.21. The van der Waals surface area contributed by atoms with Crippen molar-refractivity contribution in [2.45, 2.75) is 38.5 Å². The van der Waals surface area contributed by atoms with Gasteiger partial charge in [-0.05, 0) is 44.0 Å². The number of nitrogens with zero attached hydrogens (tertiary/aromatic N) is 1. The average molecular weight is 278 g/mol. The Morgan fingerprint density at radius 1 is 1.40 bits per heavy atom. The summed E-state index contributed by atoms with van der Waals surface area (Å²) in [5.41, 5.74) is 0.782. The minimum absolute atomic E-state index is 0.0444. The molecule has 0 aliphatic carbocycles. The van der Waals surface area contributed by atoms with Crippen LogP contribution in [-0.2, 0) is 0 Å². The molecule has 4 nitrogen and oxygen atoms in total. The van der Waals surface area contributed by atoms with Crippen molar-refractivity contribution in [3.05, 3.63) is 54.0 Å². The maximum Gasteiger partial charge on any atom is 0.141 e. The number of pyridine rings is 1. The quantitative estimate of drug-likeness (QED) is 0.853. The van der Waals surface area contributed by atoms with E-state index < -0.39 is 6.10 Å². The van der Waals surface area contributed by atoms with Gasteiger partial charge in [0.25, 0.3) is 0 Å². The van der Waals surface area contributed by atoms with Gasteiger partial charge in [-0.1, -0.05) is 0 Å². The van der Waals surface area contributed by atoms with E-state index in [-0.39, 0.29) is 17.9 Å². The molecule has 0 aliphatic rings. The molecule has 2 N–H and O–H groups in total. The SMILES string of the molecule is CC(CC(O)c1ccco1)NC(C)c1cncc(F)c1. The molecule has 2 aromatic heterocycles. The molecule has 2 rings (SSSR count). The highest BCUT2D eigenvalue weighted by atomic mass is 19.1. The Morgan fingerprint density at radius 3 is 2.85 bits per heavy atom. The van der Waals surface area contributed by atoms with Gasteiger partial charge in [0.15, 0.2) is 0 Å². The van der Waals surface area contributed by atoms with Crippen molar-refractivity contribution < 1.29 is 13.9 Å². The van der Waals surface area contributed by atoms with Crippen molar-refractivity contribution in [2.24, 2.45) is 0 Å². The molecule has 108 valence electrons. The van der Waals surface area contributed by atoms with Crippen LogP contribution in [-0.4, -0.2) is 16.1 Å². The second kappa shape index (κ2) is 6.63. The van der Waals surface area contributed by atoms with Gasteiger partial charge in [0.05, 0.1) is 12.5 Å². The summed E-state index contributed by atoms with van der Waals surface area (Å²) in [5.74, 6) is 0.207. The van der Waals surface area contributed by atoms with E-state index in [1.54, 1.807) is 18.3 Å². The van der Waals surface area contributed by atoms with E-state index >= 15 is 0 Å². The summed E-state index contributed by atoms with van der Waals surface area (Å²) in [4.78, 5) is 3.83. The number of halogens is 1. The molecule has 0 bridgehead atoms. The van der Waals surface area contributed by atoms with Gasteiger partial charge >= 0.3 is 0 Å². The molecular formula is C15H19FN2O2. The molecular weight excluding hydrogens is 259 g/mol. The first-order valence-electron chi connectivity index (χ1n) is 6.64. The number of hydrogen-bond acceptors (Lipinski definition) is 4. The van der Waals surface area contributed by atoms with Crippen LogP contribution in [0.3, 0.4) is 0 Å². The standard InChI is InChI=1S/C15H19FN2O2/c1-10(6-14(19)15-4-3-5-20-15)18-11(2)12-7-13(16)9-17-8-12/h3-5,7-11,14,18-19H,6H2,1-2H3. The summed E-state index contributed by atoms with van der Waals surface area (Å²) in [6.45, 7) is 3.90. The van der Waals surface area contributed by atoms with Crippen molar-refractivity contribution in [3.8, 4) is 0 Å². The van der Waals surface area contributed by atoms with E-state index in [4.69, 9.17) is 4.42 Å². The van der Waals surface area contributed by atoms with Crippen LogP contribution in [0.2, 0.25) is 0 Å². The van der Waals surface area contributed by atoms with Crippen molar-refractivity contribution in [1.29, 1.82) is 0 Å². The van der Waals surface area contributed by atoms with Crippen LogP contribution in [0, 0.1) is 5.82 Å². The van der Waals surface area contributed by atoms with Crippen molar-refractivity contribution in [2.75, 3.05) is 0 Å². The van der Waals surface area contributed by atoms with Gasteiger partial charge in [0, 0.05) is 18.3 Å². The lowest BCUT2D eigenvalue weighted by molar-refractivity contribution is 0.127. The Balaban J connectivity index is 1.89. The summed E-state index contributed by atoms with van der Waals surface area (Å²) >= 11 is 0. The molecule has 3 unspecified atom stereocenters. The molecule has 0 radical (unpaired) electrons. The molecule has 0 saturated carbocycles. The van der Waals surface area contributed by atoms with Crippen LogP contribution in [0.1, 0.15) is 43.7 Å². The summed E-state index contributed by atoms with van der Waals surface area (Å²) in [6.07, 6.45) is 4.22. The molecule has 20 heavy (non-hydrogen) atoms. The molecule has 2 heterocycles. The first kappa shape index (κ1) is 14.7. The van der Waals surface area contributed by atoms with Crippen molar-refractivity contribution in [1.82, 2.24) is 10.3 Å². The second-order valence-electron chi connectivity index (χ2n) is 4.99. The maximum atomic E-state index is 13.1. The fourth-order valence-corrected chi connectivity index (χ4v) is 2.19. The molecule has 0 aromatic carbocycles. The first-order chi connectivity index (χ1) is 9.56. The number of nitrogens with one attached hydrogen (secondary N) is 1.